The van der Waals surface area contributed by atoms with Gasteiger partial charge in [0.2, 0.25) is 0 Å². The Morgan fingerprint density at radius 1 is 1.14 bits per heavy atom. The lowest BCUT2D eigenvalue weighted by molar-refractivity contribution is -0.148. The molecule has 0 fully saturated rings. The van der Waals surface area contributed by atoms with Gasteiger partial charge in [0.25, 0.3) is 0 Å². The maximum atomic E-state index is 13.0. The Morgan fingerprint density at radius 2 is 1.96 bits per heavy atom. The molecule has 0 unspecified atom stereocenters. The Balaban J connectivity index is 1.49. The summed E-state index contributed by atoms with van der Waals surface area (Å²) in [4.78, 5) is 3.27. The Hall–Kier alpha value is -2.54. The number of aromatic nitrogens is 1. The van der Waals surface area contributed by atoms with Crippen LogP contribution in [0.4, 0.5) is 17.6 Å². The quantitative estimate of drug-likeness (QED) is 0.392. The van der Waals surface area contributed by atoms with E-state index in [2.05, 4.69) is 28.5 Å². The second-order valence-electron chi connectivity index (χ2n) is 6.79. The van der Waals surface area contributed by atoms with E-state index in [-0.39, 0.29) is 5.75 Å². The van der Waals surface area contributed by atoms with Gasteiger partial charge in [-0.05, 0) is 54.8 Å². The first-order valence-electron chi connectivity index (χ1n) is 9.00. The van der Waals surface area contributed by atoms with Crippen molar-refractivity contribution < 1.29 is 22.3 Å². The first-order valence-corrected chi connectivity index (χ1v) is 9.00. The molecule has 0 saturated heterocycles. The number of rotatable bonds is 9. The SMILES string of the molecule is Cc1ccc2c(CCNCc3cccc(OCC(F)(F)C(F)F)c3)c[nH]c2c1. The average Bonchev–Trinajstić information content (AvgIpc) is 3.06. The number of hydrogen-bond donors (Lipinski definition) is 2. The van der Waals surface area contributed by atoms with E-state index < -0.39 is 19.0 Å². The fraction of sp³-hybridized carbons (Fsp3) is 0.333. The molecule has 1 heterocycles. The molecule has 3 aromatic rings. The van der Waals surface area contributed by atoms with Gasteiger partial charge in [-0.1, -0.05) is 24.3 Å². The van der Waals surface area contributed by atoms with Crippen LogP contribution in [-0.2, 0) is 13.0 Å². The number of ether oxygens (including phenoxy) is 1. The molecule has 0 aliphatic carbocycles. The molecule has 0 bridgehead atoms. The number of aryl methyl sites for hydroxylation is 1. The molecule has 0 aliphatic rings. The van der Waals surface area contributed by atoms with Gasteiger partial charge in [-0.25, -0.2) is 8.78 Å². The molecule has 2 aromatic carbocycles. The van der Waals surface area contributed by atoms with Crippen LogP contribution in [-0.4, -0.2) is 30.5 Å². The molecule has 2 N–H and O–H groups in total. The summed E-state index contributed by atoms with van der Waals surface area (Å²) in [5.41, 5.74) is 4.36. The molecule has 28 heavy (non-hydrogen) atoms. The second kappa shape index (κ2) is 8.65. The molecule has 0 radical (unpaired) electrons. The van der Waals surface area contributed by atoms with Gasteiger partial charge >= 0.3 is 12.3 Å². The van der Waals surface area contributed by atoms with Crippen LogP contribution in [0.3, 0.4) is 0 Å². The number of fused-ring (bicyclic) bond motifs is 1. The zero-order valence-electron chi connectivity index (χ0n) is 15.4. The molecule has 0 spiro atoms. The van der Waals surface area contributed by atoms with Crippen molar-refractivity contribution in [2.45, 2.75) is 32.2 Å². The minimum Gasteiger partial charge on any atom is -0.487 e. The maximum Gasteiger partial charge on any atom is 0.340 e. The molecule has 3 nitrogen and oxygen atoms in total. The van der Waals surface area contributed by atoms with Crippen molar-refractivity contribution in [3.63, 3.8) is 0 Å². The van der Waals surface area contributed by atoms with Gasteiger partial charge in [-0.2, -0.15) is 8.78 Å². The molecular formula is C21H22F4N2O. The first kappa shape index (κ1) is 20.2. The Bertz CT molecular complexity index is 924. The molecule has 0 saturated carbocycles. The topological polar surface area (TPSA) is 37.0 Å². The number of hydrogen-bond acceptors (Lipinski definition) is 2. The maximum absolute atomic E-state index is 13.0. The summed E-state index contributed by atoms with van der Waals surface area (Å²) in [6.45, 7) is 1.95. The van der Waals surface area contributed by atoms with Crippen molar-refractivity contribution in [3.8, 4) is 5.75 Å². The summed E-state index contributed by atoms with van der Waals surface area (Å²) >= 11 is 0. The van der Waals surface area contributed by atoms with Gasteiger partial charge in [0.15, 0.2) is 6.61 Å². The van der Waals surface area contributed by atoms with Crippen molar-refractivity contribution in [1.82, 2.24) is 10.3 Å². The van der Waals surface area contributed by atoms with Crippen molar-refractivity contribution in [3.05, 3.63) is 65.4 Å². The third kappa shape index (κ3) is 5.04. The van der Waals surface area contributed by atoms with Crippen LogP contribution in [0.5, 0.6) is 5.75 Å². The molecular weight excluding hydrogens is 372 g/mol. The van der Waals surface area contributed by atoms with E-state index in [0.717, 1.165) is 24.0 Å². The number of alkyl halides is 4. The minimum atomic E-state index is -4.16. The third-order valence-corrected chi connectivity index (χ3v) is 4.47. The van der Waals surface area contributed by atoms with E-state index >= 15 is 0 Å². The largest absolute Gasteiger partial charge is 0.487 e. The Kier molecular flexibility index (Phi) is 6.24. The zero-order valence-corrected chi connectivity index (χ0v) is 15.4. The lowest BCUT2D eigenvalue weighted by Gasteiger charge is -2.16. The summed E-state index contributed by atoms with van der Waals surface area (Å²) in [5.74, 6) is -4.02. The smallest absolute Gasteiger partial charge is 0.340 e. The average molecular weight is 394 g/mol. The number of halogens is 4. The second-order valence-corrected chi connectivity index (χ2v) is 6.79. The van der Waals surface area contributed by atoms with Crippen LogP contribution in [0.15, 0.2) is 48.7 Å². The van der Waals surface area contributed by atoms with E-state index in [0.29, 0.717) is 6.54 Å². The Labute approximate surface area is 160 Å². The van der Waals surface area contributed by atoms with Crippen LogP contribution >= 0.6 is 0 Å². The predicted octanol–water partition coefficient (Wildman–Crippen LogP) is 5.09. The van der Waals surface area contributed by atoms with Crippen LogP contribution in [0, 0.1) is 6.92 Å². The monoisotopic (exact) mass is 394 g/mol. The third-order valence-electron chi connectivity index (χ3n) is 4.47. The summed E-state index contributed by atoms with van der Waals surface area (Å²) < 4.78 is 55.1. The zero-order chi connectivity index (χ0) is 20.1. The van der Waals surface area contributed by atoms with Crippen molar-refractivity contribution >= 4 is 10.9 Å². The van der Waals surface area contributed by atoms with Crippen molar-refractivity contribution in [2.75, 3.05) is 13.2 Å². The minimum absolute atomic E-state index is 0.145. The fourth-order valence-corrected chi connectivity index (χ4v) is 2.95. The number of nitrogens with one attached hydrogen (secondary N) is 2. The Morgan fingerprint density at radius 3 is 2.75 bits per heavy atom. The van der Waals surface area contributed by atoms with Crippen molar-refractivity contribution in [2.24, 2.45) is 0 Å². The van der Waals surface area contributed by atoms with E-state index in [1.165, 1.54) is 22.6 Å². The van der Waals surface area contributed by atoms with Gasteiger partial charge in [-0.3, -0.25) is 0 Å². The highest BCUT2D eigenvalue weighted by molar-refractivity contribution is 5.83. The van der Waals surface area contributed by atoms with Gasteiger partial charge in [0.05, 0.1) is 0 Å². The van der Waals surface area contributed by atoms with Crippen LogP contribution in [0.25, 0.3) is 10.9 Å². The lowest BCUT2D eigenvalue weighted by atomic mass is 10.1. The summed E-state index contributed by atoms with van der Waals surface area (Å²) in [6.07, 6.45) is -0.908. The highest BCUT2D eigenvalue weighted by Gasteiger charge is 2.41. The standard InChI is InChI=1S/C21H22F4N2O/c1-14-5-6-18-16(12-27-19(18)9-14)7-8-26-11-15-3-2-4-17(10-15)28-13-21(24,25)20(22)23/h2-6,9-10,12,20,26-27H,7-8,11,13H2,1H3. The first-order chi connectivity index (χ1) is 13.3. The molecule has 0 amide bonds. The summed E-state index contributed by atoms with van der Waals surface area (Å²) in [5, 5.41) is 4.49. The summed E-state index contributed by atoms with van der Waals surface area (Å²) in [7, 11) is 0. The van der Waals surface area contributed by atoms with Gasteiger partial charge < -0.3 is 15.0 Å². The fourth-order valence-electron chi connectivity index (χ4n) is 2.95. The highest BCUT2D eigenvalue weighted by Crippen LogP contribution is 2.24. The predicted molar refractivity (Wildman–Crippen MR) is 101 cm³/mol. The van der Waals surface area contributed by atoms with Crippen LogP contribution in [0.2, 0.25) is 0 Å². The van der Waals surface area contributed by atoms with Gasteiger partial charge in [0.1, 0.15) is 5.75 Å². The van der Waals surface area contributed by atoms with Crippen LogP contribution < -0.4 is 10.1 Å². The normalized spacial score (nSPS) is 12.1. The molecule has 0 aliphatic heterocycles. The van der Waals surface area contributed by atoms with Gasteiger partial charge in [0, 0.05) is 23.6 Å². The number of aromatic amines is 1. The van der Waals surface area contributed by atoms with Crippen LogP contribution in [0.1, 0.15) is 16.7 Å². The molecule has 7 heteroatoms. The molecule has 1 aromatic heterocycles. The lowest BCUT2D eigenvalue weighted by Crippen LogP contribution is -2.33. The number of H-pyrrole nitrogens is 1. The molecule has 0 atom stereocenters. The van der Waals surface area contributed by atoms with E-state index in [4.69, 9.17) is 4.74 Å². The highest BCUT2D eigenvalue weighted by atomic mass is 19.3. The van der Waals surface area contributed by atoms with E-state index in [1.54, 1.807) is 12.1 Å². The van der Waals surface area contributed by atoms with E-state index in [1.807, 2.05) is 19.2 Å². The van der Waals surface area contributed by atoms with Crippen molar-refractivity contribution in [1.29, 1.82) is 0 Å². The molecule has 150 valence electrons. The van der Waals surface area contributed by atoms with Gasteiger partial charge in [-0.15, -0.1) is 0 Å². The molecule has 3 rings (SSSR count). The van der Waals surface area contributed by atoms with E-state index in [9.17, 15) is 17.6 Å². The number of benzene rings is 2. The summed E-state index contributed by atoms with van der Waals surface area (Å²) in [6, 6.07) is 12.8.